The predicted octanol–water partition coefficient (Wildman–Crippen LogP) is 3.89. The van der Waals surface area contributed by atoms with Crippen LogP contribution in [0.5, 0.6) is 5.75 Å². The molecule has 0 atom stereocenters. The molecule has 18 heavy (non-hydrogen) atoms. The van der Waals surface area contributed by atoms with E-state index in [0.29, 0.717) is 0 Å². The molecule has 0 amide bonds. The van der Waals surface area contributed by atoms with Gasteiger partial charge in [-0.1, -0.05) is 0 Å². The Morgan fingerprint density at radius 3 is 2.89 bits per heavy atom. The third-order valence-corrected chi connectivity index (χ3v) is 3.54. The molecule has 96 valence electrons. The standard InChI is InChI=1S/C14H17BrN2O/c1-3-17-8-4-5-12(17)10-16-11-6-7-13(15)14(9-11)18-2/h4-9,16H,3,10H2,1-2H3. The average molecular weight is 309 g/mol. The molecule has 1 aromatic heterocycles. The number of nitrogens with zero attached hydrogens (tertiary/aromatic N) is 1. The van der Waals surface area contributed by atoms with E-state index < -0.39 is 0 Å². The fourth-order valence-corrected chi connectivity index (χ4v) is 2.29. The first-order chi connectivity index (χ1) is 8.74. The van der Waals surface area contributed by atoms with E-state index in [-0.39, 0.29) is 0 Å². The van der Waals surface area contributed by atoms with Crippen molar-refractivity contribution in [3.63, 3.8) is 0 Å². The molecular weight excluding hydrogens is 292 g/mol. The highest BCUT2D eigenvalue weighted by molar-refractivity contribution is 9.10. The highest BCUT2D eigenvalue weighted by Gasteiger charge is 2.03. The average Bonchev–Trinajstić information content (AvgIpc) is 2.85. The van der Waals surface area contributed by atoms with E-state index in [1.807, 2.05) is 18.2 Å². The van der Waals surface area contributed by atoms with Crippen molar-refractivity contribution in [3.8, 4) is 5.75 Å². The van der Waals surface area contributed by atoms with Crippen LogP contribution in [0, 0.1) is 0 Å². The number of hydrogen-bond acceptors (Lipinski definition) is 2. The summed E-state index contributed by atoms with van der Waals surface area (Å²) < 4.78 is 8.47. The zero-order valence-electron chi connectivity index (χ0n) is 10.6. The van der Waals surface area contributed by atoms with E-state index in [0.717, 1.165) is 29.0 Å². The van der Waals surface area contributed by atoms with Gasteiger partial charge in [0.05, 0.1) is 18.1 Å². The third-order valence-electron chi connectivity index (χ3n) is 2.89. The molecule has 4 heteroatoms. The van der Waals surface area contributed by atoms with Gasteiger partial charge in [-0.25, -0.2) is 0 Å². The lowest BCUT2D eigenvalue weighted by atomic mass is 10.3. The Hall–Kier alpha value is -1.42. The maximum absolute atomic E-state index is 5.28. The summed E-state index contributed by atoms with van der Waals surface area (Å²) in [6.07, 6.45) is 2.10. The summed E-state index contributed by atoms with van der Waals surface area (Å²) in [5, 5.41) is 3.40. The number of halogens is 1. The quantitative estimate of drug-likeness (QED) is 0.907. The molecule has 1 heterocycles. The second-order valence-electron chi connectivity index (χ2n) is 3.99. The molecular formula is C14H17BrN2O. The van der Waals surface area contributed by atoms with Crippen molar-refractivity contribution in [2.75, 3.05) is 12.4 Å². The summed E-state index contributed by atoms with van der Waals surface area (Å²) >= 11 is 3.45. The highest BCUT2D eigenvalue weighted by atomic mass is 79.9. The molecule has 0 unspecified atom stereocenters. The summed E-state index contributed by atoms with van der Waals surface area (Å²) in [6, 6.07) is 10.2. The summed E-state index contributed by atoms with van der Waals surface area (Å²) in [7, 11) is 1.67. The van der Waals surface area contributed by atoms with E-state index >= 15 is 0 Å². The van der Waals surface area contributed by atoms with E-state index in [1.54, 1.807) is 7.11 Å². The second kappa shape index (κ2) is 5.96. The Morgan fingerprint density at radius 1 is 1.33 bits per heavy atom. The Kier molecular flexibility index (Phi) is 4.31. The fourth-order valence-electron chi connectivity index (χ4n) is 1.88. The molecule has 0 bridgehead atoms. The molecule has 0 aliphatic heterocycles. The van der Waals surface area contributed by atoms with E-state index in [4.69, 9.17) is 4.74 Å². The van der Waals surface area contributed by atoms with Crippen LogP contribution in [0.1, 0.15) is 12.6 Å². The number of ether oxygens (including phenoxy) is 1. The minimum absolute atomic E-state index is 0.811. The van der Waals surface area contributed by atoms with Crippen molar-refractivity contribution < 1.29 is 4.74 Å². The van der Waals surface area contributed by atoms with Crippen molar-refractivity contribution in [3.05, 3.63) is 46.7 Å². The molecule has 1 N–H and O–H groups in total. The Balaban J connectivity index is 2.06. The van der Waals surface area contributed by atoms with Gasteiger partial charge in [-0.3, -0.25) is 0 Å². The number of anilines is 1. The van der Waals surface area contributed by atoms with Gasteiger partial charge < -0.3 is 14.6 Å². The first-order valence-electron chi connectivity index (χ1n) is 5.96. The van der Waals surface area contributed by atoms with Crippen LogP contribution in [0.15, 0.2) is 41.0 Å². The van der Waals surface area contributed by atoms with Crippen LogP contribution in [0.25, 0.3) is 0 Å². The molecule has 1 aromatic carbocycles. The smallest absolute Gasteiger partial charge is 0.135 e. The van der Waals surface area contributed by atoms with Crippen molar-refractivity contribution in [2.24, 2.45) is 0 Å². The van der Waals surface area contributed by atoms with Crippen LogP contribution < -0.4 is 10.1 Å². The number of nitrogens with one attached hydrogen (secondary N) is 1. The van der Waals surface area contributed by atoms with Crippen molar-refractivity contribution in [2.45, 2.75) is 20.0 Å². The summed E-state index contributed by atoms with van der Waals surface area (Å²) in [5.74, 6) is 0.839. The number of methoxy groups -OCH3 is 1. The number of aryl methyl sites for hydroxylation is 1. The number of aromatic nitrogens is 1. The molecule has 0 spiro atoms. The second-order valence-corrected chi connectivity index (χ2v) is 4.84. The zero-order chi connectivity index (χ0) is 13.0. The summed E-state index contributed by atoms with van der Waals surface area (Å²) in [6.45, 7) is 3.95. The fraction of sp³-hybridized carbons (Fsp3) is 0.286. The van der Waals surface area contributed by atoms with Crippen molar-refractivity contribution in [1.82, 2.24) is 4.57 Å². The van der Waals surface area contributed by atoms with Gasteiger partial charge in [-0.15, -0.1) is 0 Å². The molecule has 0 fully saturated rings. The van der Waals surface area contributed by atoms with Crippen molar-refractivity contribution in [1.29, 1.82) is 0 Å². The van der Waals surface area contributed by atoms with Gasteiger partial charge >= 0.3 is 0 Å². The lowest BCUT2D eigenvalue weighted by Crippen LogP contribution is -2.06. The Labute approximate surface area is 116 Å². The van der Waals surface area contributed by atoms with Crippen molar-refractivity contribution >= 4 is 21.6 Å². The Bertz CT molecular complexity index is 522. The summed E-state index contributed by atoms with van der Waals surface area (Å²) in [4.78, 5) is 0. The maximum Gasteiger partial charge on any atom is 0.135 e. The molecule has 3 nitrogen and oxygen atoms in total. The minimum Gasteiger partial charge on any atom is -0.495 e. The lowest BCUT2D eigenvalue weighted by molar-refractivity contribution is 0.412. The zero-order valence-corrected chi connectivity index (χ0v) is 12.2. The van der Waals surface area contributed by atoms with Gasteiger partial charge in [0.25, 0.3) is 0 Å². The minimum atomic E-state index is 0.811. The molecule has 0 saturated carbocycles. The van der Waals surface area contributed by atoms with E-state index in [2.05, 4.69) is 51.1 Å². The van der Waals surface area contributed by atoms with Gasteiger partial charge in [-0.2, -0.15) is 0 Å². The van der Waals surface area contributed by atoms with E-state index in [1.165, 1.54) is 5.69 Å². The van der Waals surface area contributed by atoms with Gasteiger partial charge in [0, 0.05) is 30.2 Å². The topological polar surface area (TPSA) is 26.2 Å². The van der Waals surface area contributed by atoms with Crippen LogP contribution in [0.2, 0.25) is 0 Å². The molecule has 0 radical (unpaired) electrons. The highest BCUT2D eigenvalue weighted by Crippen LogP contribution is 2.28. The molecule has 0 aliphatic rings. The Morgan fingerprint density at radius 2 is 2.17 bits per heavy atom. The SMILES string of the molecule is CCn1cccc1CNc1ccc(Br)c(OC)c1. The van der Waals surface area contributed by atoms with Gasteiger partial charge in [0.15, 0.2) is 0 Å². The van der Waals surface area contributed by atoms with Crippen LogP contribution in [-0.4, -0.2) is 11.7 Å². The monoisotopic (exact) mass is 308 g/mol. The van der Waals surface area contributed by atoms with Crippen LogP contribution in [0.4, 0.5) is 5.69 Å². The van der Waals surface area contributed by atoms with Gasteiger partial charge in [-0.05, 0) is 47.1 Å². The van der Waals surface area contributed by atoms with E-state index in [9.17, 15) is 0 Å². The third kappa shape index (κ3) is 2.88. The number of benzene rings is 1. The molecule has 2 rings (SSSR count). The summed E-state index contributed by atoms with van der Waals surface area (Å²) in [5.41, 5.74) is 2.33. The first-order valence-corrected chi connectivity index (χ1v) is 6.75. The molecule has 0 aliphatic carbocycles. The van der Waals surface area contributed by atoms with Crippen LogP contribution in [0.3, 0.4) is 0 Å². The maximum atomic E-state index is 5.28. The van der Waals surface area contributed by atoms with Crippen LogP contribution >= 0.6 is 15.9 Å². The van der Waals surface area contributed by atoms with Gasteiger partial charge in [0.1, 0.15) is 5.75 Å². The lowest BCUT2D eigenvalue weighted by Gasteiger charge is -2.11. The normalized spacial score (nSPS) is 10.4. The predicted molar refractivity (Wildman–Crippen MR) is 78.1 cm³/mol. The molecule has 2 aromatic rings. The van der Waals surface area contributed by atoms with Gasteiger partial charge in [0.2, 0.25) is 0 Å². The first kappa shape index (κ1) is 13.0. The number of hydrogen-bond donors (Lipinski definition) is 1. The van der Waals surface area contributed by atoms with Crippen LogP contribution in [-0.2, 0) is 13.1 Å². The number of rotatable bonds is 5. The largest absolute Gasteiger partial charge is 0.495 e. The molecule has 0 saturated heterocycles.